The number of urea groups is 1. The van der Waals surface area contributed by atoms with Crippen molar-refractivity contribution in [2.75, 3.05) is 6.54 Å². The Balaban J connectivity index is 1.68. The highest BCUT2D eigenvalue weighted by atomic mass is 16.4. The Morgan fingerprint density at radius 2 is 1.78 bits per heavy atom. The SMILES string of the molecule is O=C(O)CCCCCC[C@H]1C(=O)NC(=O)N1CCC[C@@H](O)C1CCCCC1. The van der Waals surface area contributed by atoms with E-state index in [4.69, 9.17) is 5.11 Å². The number of aliphatic carboxylic acids is 1. The van der Waals surface area contributed by atoms with Crippen molar-refractivity contribution in [2.24, 2.45) is 5.92 Å². The number of imide groups is 1. The van der Waals surface area contributed by atoms with Gasteiger partial charge in [-0.1, -0.05) is 38.5 Å². The standard InChI is InChI=1S/C20H34N2O5/c23-17(15-9-4-3-5-10-15)12-8-14-22-16(19(26)21-20(22)27)11-6-1-2-7-13-18(24)25/h15-17,23H,1-14H2,(H,24,25)(H,21,26,27)/t16-,17+/m0/s1. The van der Waals surface area contributed by atoms with Gasteiger partial charge < -0.3 is 15.1 Å². The Kier molecular flexibility index (Phi) is 9.04. The van der Waals surface area contributed by atoms with Crippen molar-refractivity contribution in [1.82, 2.24) is 10.2 Å². The molecule has 0 aromatic heterocycles. The van der Waals surface area contributed by atoms with E-state index in [2.05, 4.69) is 5.32 Å². The summed E-state index contributed by atoms with van der Waals surface area (Å²) in [6.45, 7) is 0.491. The average molecular weight is 383 g/mol. The Hall–Kier alpha value is -1.63. The number of nitrogens with zero attached hydrogens (tertiary/aromatic N) is 1. The van der Waals surface area contributed by atoms with Crippen molar-refractivity contribution < 1.29 is 24.6 Å². The first-order chi connectivity index (χ1) is 13.0. The van der Waals surface area contributed by atoms with Crippen molar-refractivity contribution in [1.29, 1.82) is 0 Å². The summed E-state index contributed by atoms with van der Waals surface area (Å²) in [5.41, 5.74) is 0. The molecule has 0 aromatic rings. The third-order valence-electron chi connectivity index (χ3n) is 5.88. The quantitative estimate of drug-likeness (QED) is 0.355. The van der Waals surface area contributed by atoms with E-state index in [1.165, 1.54) is 19.3 Å². The van der Waals surface area contributed by atoms with Crippen molar-refractivity contribution in [3.8, 4) is 0 Å². The van der Waals surface area contributed by atoms with Crippen LogP contribution in [0.3, 0.4) is 0 Å². The molecule has 1 saturated heterocycles. The van der Waals surface area contributed by atoms with Crippen LogP contribution >= 0.6 is 0 Å². The zero-order valence-electron chi connectivity index (χ0n) is 16.2. The number of unbranched alkanes of at least 4 members (excludes halogenated alkanes) is 3. The van der Waals surface area contributed by atoms with Crippen LogP contribution in [0.2, 0.25) is 0 Å². The van der Waals surface area contributed by atoms with Crippen LogP contribution in [0.25, 0.3) is 0 Å². The maximum absolute atomic E-state index is 12.0. The Morgan fingerprint density at radius 3 is 2.48 bits per heavy atom. The van der Waals surface area contributed by atoms with Gasteiger partial charge in [0.1, 0.15) is 6.04 Å². The predicted molar refractivity (Wildman–Crippen MR) is 101 cm³/mol. The van der Waals surface area contributed by atoms with E-state index in [1.54, 1.807) is 4.90 Å². The van der Waals surface area contributed by atoms with E-state index in [-0.39, 0.29) is 24.5 Å². The van der Waals surface area contributed by atoms with Gasteiger partial charge in [0, 0.05) is 13.0 Å². The fraction of sp³-hybridized carbons (Fsp3) is 0.850. The molecular formula is C20H34N2O5. The second-order valence-electron chi connectivity index (χ2n) is 7.96. The summed E-state index contributed by atoms with van der Waals surface area (Å²) in [5, 5.41) is 21.4. The van der Waals surface area contributed by atoms with Crippen molar-refractivity contribution in [3.05, 3.63) is 0 Å². The number of aliphatic hydroxyl groups excluding tert-OH is 1. The minimum Gasteiger partial charge on any atom is -0.481 e. The fourth-order valence-corrected chi connectivity index (χ4v) is 4.28. The molecule has 0 unspecified atom stereocenters. The van der Waals surface area contributed by atoms with Gasteiger partial charge in [0.15, 0.2) is 0 Å². The smallest absolute Gasteiger partial charge is 0.324 e. The summed E-state index contributed by atoms with van der Waals surface area (Å²) in [5.74, 6) is -0.634. The highest BCUT2D eigenvalue weighted by molar-refractivity contribution is 6.04. The van der Waals surface area contributed by atoms with Crippen molar-refractivity contribution in [3.63, 3.8) is 0 Å². The Bertz CT molecular complexity index is 505. The molecule has 1 saturated carbocycles. The van der Waals surface area contributed by atoms with Gasteiger partial charge in [0.2, 0.25) is 0 Å². The van der Waals surface area contributed by atoms with Gasteiger partial charge in [-0.3, -0.25) is 14.9 Å². The summed E-state index contributed by atoms with van der Waals surface area (Å²) in [7, 11) is 0. The van der Waals surface area contributed by atoms with Crippen LogP contribution in [0.1, 0.15) is 83.5 Å². The van der Waals surface area contributed by atoms with E-state index in [9.17, 15) is 19.5 Å². The van der Waals surface area contributed by atoms with Gasteiger partial charge in [0.05, 0.1) is 6.10 Å². The molecule has 1 aliphatic heterocycles. The zero-order valence-corrected chi connectivity index (χ0v) is 16.2. The molecule has 7 heteroatoms. The lowest BCUT2D eigenvalue weighted by Crippen LogP contribution is -2.36. The molecule has 154 valence electrons. The first-order valence-electron chi connectivity index (χ1n) is 10.5. The van der Waals surface area contributed by atoms with Crippen LogP contribution in [0.4, 0.5) is 4.79 Å². The van der Waals surface area contributed by atoms with Crippen LogP contribution in [-0.4, -0.2) is 51.7 Å². The first-order valence-corrected chi connectivity index (χ1v) is 10.5. The van der Waals surface area contributed by atoms with Gasteiger partial charge in [-0.05, 0) is 44.4 Å². The monoisotopic (exact) mass is 382 g/mol. The molecule has 7 nitrogen and oxygen atoms in total. The number of carbonyl (C=O) groups excluding carboxylic acids is 2. The molecule has 0 aromatic carbocycles. The lowest BCUT2D eigenvalue weighted by Gasteiger charge is -2.27. The molecule has 1 heterocycles. The minimum atomic E-state index is -0.780. The predicted octanol–water partition coefficient (Wildman–Crippen LogP) is 3.05. The minimum absolute atomic E-state index is 0.178. The van der Waals surface area contributed by atoms with E-state index in [1.807, 2.05) is 0 Å². The van der Waals surface area contributed by atoms with Gasteiger partial charge in [0.25, 0.3) is 5.91 Å². The molecule has 3 amide bonds. The second kappa shape index (κ2) is 11.3. The molecule has 1 aliphatic carbocycles. The molecule has 2 fully saturated rings. The lowest BCUT2D eigenvalue weighted by atomic mass is 9.84. The number of rotatable bonds is 12. The molecule has 0 spiro atoms. The van der Waals surface area contributed by atoms with E-state index in [0.717, 1.165) is 32.1 Å². The van der Waals surface area contributed by atoms with Gasteiger partial charge in [-0.25, -0.2) is 4.79 Å². The molecule has 0 bridgehead atoms. The Labute approximate surface area is 161 Å². The third kappa shape index (κ3) is 7.13. The molecular weight excluding hydrogens is 348 g/mol. The van der Waals surface area contributed by atoms with Crippen LogP contribution < -0.4 is 5.32 Å². The van der Waals surface area contributed by atoms with Crippen LogP contribution in [0.15, 0.2) is 0 Å². The molecule has 3 N–H and O–H groups in total. The van der Waals surface area contributed by atoms with Crippen LogP contribution in [0.5, 0.6) is 0 Å². The molecule has 0 radical (unpaired) electrons. The summed E-state index contributed by atoms with van der Waals surface area (Å²) in [6, 6.07) is -0.758. The number of carbonyl (C=O) groups is 3. The topological polar surface area (TPSA) is 107 Å². The van der Waals surface area contributed by atoms with Crippen LogP contribution in [-0.2, 0) is 9.59 Å². The van der Waals surface area contributed by atoms with Crippen molar-refractivity contribution >= 4 is 17.9 Å². The van der Waals surface area contributed by atoms with Crippen LogP contribution in [0, 0.1) is 5.92 Å². The Morgan fingerprint density at radius 1 is 1.07 bits per heavy atom. The molecule has 27 heavy (non-hydrogen) atoms. The van der Waals surface area contributed by atoms with E-state index < -0.39 is 12.0 Å². The number of carboxylic acids is 1. The summed E-state index contributed by atoms with van der Waals surface area (Å²) >= 11 is 0. The largest absolute Gasteiger partial charge is 0.481 e. The number of aliphatic hydroxyl groups is 1. The summed E-state index contributed by atoms with van der Waals surface area (Å²) in [4.78, 5) is 36.2. The normalized spacial score (nSPS) is 22.1. The summed E-state index contributed by atoms with van der Waals surface area (Å²) < 4.78 is 0. The fourth-order valence-electron chi connectivity index (χ4n) is 4.28. The van der Waals surface area contributed by atoms with Gasteiger partial charge in [-0.15, -0.1) is 0 Å². The van der Waals surface area contributed by atoms with E-state index in [0.29, 0.717) is 38.1 Å². The molecule has 2 aliphatic rings. The maximum Gasteiger partial charge on any atom is 0.324 e. The molecule has 2 rings (SSSR count). The van der Waals surface area contributed by atoms with E-state index >= 15 is 0 Å². The number of nitrogens with one attached hydrogen (secondary N) is 1. The third-order valence-corrected chi connectivity index (χ3v) is 5.88. The average Bonchev–Trinajstić information content (AvgIpc) is 2.91. The zero-order chi connectivity index (χ0) is 19.6. The summed E-state index contributed by atoms with van der Waals surface area (Å²) in [6.07, 6.45) is 10.8. The van der Waals surface area contributed by atoms with Gasteiger partial charge in [-0.2, -0.15) is 0 Å². The number of amides is 3. The number of carboxylic acid groups (broad SMARTS) is 1. The number of hydrogen-bond donors (Lipinski definition) is 3. The maximum atomic E-state index is 12.0. The highest BCUT2D eigenvalue weighted by Crippen LogP contribution is 2.28. The lowest BCUT2D eigenvalue weighted by molar-refractivity contribution is -0.137. The van der Waals surface area contributed by atoms with Crippen molar-refractivity contribution in [2.45, 2.75) is 95.6 Å². The number of hydrogen-bond acceptors (Lipinski definition) is 4. The highest BCUT2D eigenvalue weighted by Gasteiger charge is 2.37. The first kappa shape index (κ1) is 21.7. The second-order valence-corrected chi connectivity index (χ2v) is 7.96. The molecule has 2 atom stereocenters. The van der Waals surface area contributed by atoms with Gasteiger partial charge >= 0.3 is 12.0 Å².